The number of carbonyl (C=O) groups excluding carboxylic acids is 1. The highest BCUT2D eigenvalue weighted by Gasteiger charge is 2.43. The quantitative estimate of drug-likeness (QED) is 0.541. The predicted molar refractivity (Wildman–Crippen MR) is 79.8 cm³/mol. The highest BCUT2D eigenvalue weighted by Crippen LogP contribution is 2.61. The van der Waals surface area contributed by atoms with E-state index in [9.17, 15) is 9.36 Å². The molecule has 7 heteroatoms. The van der Waals surface area contributed by atoms with Crippen LogP contribution in [-0.4, -0.2) is 26.3 Å². The third kappa shape index (κ3) is 4.16. The molecule has 1 rings (SSSR count). The summed E-state index contributed by atoms with van der Waals surface area (Å²) in [6, 6.07) is 6.90. The third-order valence-corrected chi connectivity index (χ3v) is 5.45. The van der Waals surface area contributed by atoms with Crippen LogP contribution in [0.5, 0.6) is 0 Å². The van der Waals surface area contributed by atoms with E-state index in [0.29, 0.717) is 5.56 Å². The first kappa shape index (κ1) is 17.4. The van der Waals surface area contributed by atoms with Crippen LogP contribution in [0.3, 0.4) is 0 Å². The summed E-state index contributed by atoms with van der Waals surface area (Å²) in [5.41, 5.74) is -0.550. The Morgan fingerprint density at radius 3 is 2.10 bits per heavy atom. The summed E-state index contributed by atoms with van der Waals surface area (Å²) in [6.07, 6.45) is 0. The summed E-state index contributed by atoms with van der Waals surface area (Å²) >= 11 is 3.31. The first-order valence-corrected chi connectivity index (χ1v) is 8.61. The van der Waals surface area contributed by atoms with E-state index in [1.165, 1.54) is 7.11 Å². The average Bonchev–Trinajstić information content (AvgIpc) is 2.41. The minimum atomic E-state index is -3.63. The zero-order chi connectivity index (χ0) is 15.2. The molecule has 0 aromatic heterocycles. The Labute approximate surface area is 127 Å². The molecule has 0 aliphatic carbocycles. The molecule has 20 heavy (non-hydrogen) atoms. The summed E-state index contributed by atoms with van der Waals surface area (Å²) in [5, 5.41) is 0. The van der Waals surface area contributed by atoms with Crippen molar-refractivity contribution >= 4 is 29.5 Å². The minimum absolute atomic E-state index is 0.182. The van der Waals surface area contributed by atoms with Gasteiger partial charge in [0.15, 0.2) is 5.66 Å². The predicted octanol–water partition coefficient (Wildman–Crippen LogP) is 3.93. The van der Waals surface area contributed by atoms with Crippen LogP contribution in [0.2, 0.25) is 0 Å². The van der Waals surface area contributed by atoms with Gasteiger partial charge in [-0.1, -0.05) is 28.1 Å². The van der Waals surface area contributed by atoms with Crippen LogP contribution in [0.15, 0.2) is 28.7 Å². The molecule has 0 fully saturated rings. The molecular formula is C13H18BrO5P. The molecule has 0 amide bonds. The Bertz CT molecular complexity index is 478. The van der Waals surface area contributed by atoms with E-state index >= 15 is 0 Å². The Balaban J connectivity index is 3.26. The van der Waals surface area contributed by atoms with E-state index in [0.717, 1.165) is 4.47 Å². The first-order chi connectivity index (χ1) is 9.48. The number of carbonyl (C=O) groups is 1. The van der Waals surface area contributed by atoms with E-state index in [4.69, 9.17) is 13.8 Å². The second kappa shape index (κ2) is 7.93. The number of halogens is 1. The lowest BCUT2D eigenvalue weighted by molar-refractivity contribution is -0.140. The van der Waals surface area contributed by atoms with Crippen LogP contribution < -0.4 is 0 Å². The van der Waals surface area contributed by atoms with Crippen molar-refractivity contribution in [1.29, 1.82) is 0 Å². The van der Waals surface area contributed by atoms with Gasteiger partial charge in [0.05, 0.1) is 20.3 Å². The first-order valence-electron chi connectivity index (χ1n) is 6.20. The molecule has 0 saturated carbocycles. The number of hydrogen-bond donors (Lipinski definition) is 0. The van der Waals surface area contributed by atoms with Crippen LogP contribution in [0, 0.1) is 0 Å². The molecular weight excluding hydrogens is 347 g/mol. The lowest BCUT2D eigenvalue weighted by Crippen LogP contribution is -2.17. The van der Waals surface area contributed by atoms with Gasteiger partial charge < -0.3 is 13.8 Å². The zero-order valence-corrected chi connectivity index (χ0v) is 14.1. The van der Waals surface area contributed by atoms with Crippen molar-refractivity contribution in [1.82, 2.24) is 0 Å². The molecule has 1 aromatic rings. The highest BCUT2D eigenvalue weighted by atomic mass is 79.9. The minimum Gasteiger partial charge on any atom is -0.468 e. The highest BCUT2D eigenvalue weighted by molar-refractivity contribution is 9.10. The molecule has 0 heterocycles. The summed E-state index contributed by atoms with van der Waals surface area (Å²) in [6.45, 7) is 3.76. The van der Waals surface area contributed by atoms with E-state index in [2.05, 4.69) is 15.9 Å². The third-order valence-electron chi connectivity index (χ3n) is 2.54. The Kier molecular flexibility index (Phi) is 6.89. The number of benzene rings is 1. The van der Waals surface area contributed by atoms with Gasteiger partial charge >= 0.3 is 13.6 Å². The van der Waals surface area contributed by atoms with Gasteiger partial charge in [-0.15, -0.1) is 0 Å². The van der Waals surface area contributed by atoms with Crippen LogP contribution in [0.4, 0.5) is 0 Å². The molecule has 0 N–H and O–H groups in total. The summed E-state index contributed by atoms with van der Waals surface area (Å²) in [7, 11) is -2.38. The molecule has 112 valence electrons. The molecule has 1 atom stereocenters. The van der Waals surface area contributed by atoms with Gasteiger partial charge in [-0.3, -0.25) is 9.36 Å². The zero-order valence-electron chi connectivity index (χ0n) is 11.7. The molecule has 0 bridgehead atoms. The number of esters is 1. The van der Waals surface area contributed by atoms with Gasteiger partial charge in [0, 0.05) is 4.47 Å². The van der Waals surface area contributed by atoms with Crippen molar-refractivity contribution in [2.75, 3.05) is 20.3 Å². The maximum absolute atomic E-state index is 12.8. The molecule has 0 spiro atoms. The van der Waals surface area contributed by atoms with Crippen LogP contribution >= 0.6 is 23.5 Å². The smallest absolute Gasteiger partial charge is 0.349 e. The van der Waals surface area contributed by atoms with Crippen LogP contribution in [0.1, 0.15) is 25.1 Å². The summed E-state index contributed by atoms with van der Waals surface area (Å²) in [5.74, 6) is -0.641. The lowest BCUT2D eigenvalue weighted by atomic mass is 10.1. The fourth-order valence-electron chi connectivity index (χ4n) is 1.75. The van der Waals surface area contributed by atoms with Gasteiger partial charge in [-0.25, -0.2) is 0 Å². The van der Waals surface area contributed by atoms with Gasteiger partial charge in [0.2, 0.25) is 0 Å². The van der Waals surface area contributed by atoms with Crippen molar-refractivity contribution < 1.29 is 23.1 Å². The Morgan fingerprint density at radius 1 is 1.20 bits per heavy atom. The van der Waals surface area contributed by atoms with Gasteiger partial charge in [-0.2, -0.15) is 0 Å². The normalized spacial score (nSPS) is 13.0. The van der Waals surface area contributed by atoms with Crippen LogP contribution in [0.25, 0.3) is 0 Å². The second-order valence-corrected chi connectivity index (χ2v) is 6.88. The van der Waals surface area contributed by atoms with Crippen molar-refractivity contribution in [2.24, 2.45) is 0 Å². The van der Waals surface area contributed by atoms with Crippen LogP contribution in [-0.2, 0) is 23.1 Å². The molecule has 1 aromatic carbocycles. The lowest BCUT2D eigenvalue weighted by Gasteiger charge is -2.24. The topological polar surface area (TPSA) is 61.8 Å². The second-order valence-electron chi connectivity index (χ2n) is 3.85. The molecule has 5 nitrogen and oxygen atoms in total. The molecule has 0 aliphatic rings. The fourth-order valence-corrected chi connectivity index (χ4v) is 4.01. The maximum atomic E-state index is 12.8. The van der Waals surface area contributed by atoms with Gasteiger partial charge in [-0.05, 0) is 31.5 Å². The summed E-state index contributed by atoms with van der Waals surface area (Å²) < 4.78 is 29.0. The van der Waals surface area contributed by atoms with E-state index in [-0.39, 0.29) is 13.2 Å². The average molecular weight is 365 g/mol. The molecule has 0 aliphatic heterocycles. The number of ether oxygens (including phenoxy) is 1. The van der Waals surface area contributed by atoms with Crippen molar-refractivity contribution in [3.8, 4) is 0 Å². The van der Waals surface area contributed by atoms with Crippen molar-refractivity contribution in [3.63, 3.8) is 0 Å². The van der Waals surface area contributed by atoms with E-state index in [1.807, 2.05) is 0 Å². The monoisotopic (exact) mass is 364 g/mol. The summed E-state index contributed by atoms with van der Waals surface area (Å²) in [4.78, 5) is 12.0. The molecule has 0 radical (unpaired) electrons. The van der Waals surface area contributed by atoms with E-state index < -0.39 is 19.2 Å². The van der Waals surface area contributed by atoms with Crippen molar-refractivity contribution in [3.05, 3.63) is 34.3 Å². The maximum Gasteiger partial charge on any atom is 0.349 e. The Morgan fingerprint density at radius 2 is 1.70 bits per heavy atom. The van der Waals surface area contributed by atoms with Gasteiger partial charge in [0.25, 0.3) is 0 Å². The Hall–Kier alpha value is -0.680. The number of rotatable bonds is 7. The molecule has 0 saturated heterocycles. The fraction of sp³-hybridized carbons (Fsp3) is 0.462. The molecule has 1 unspecified atom stereocenters. The largest absolute Gasteiger partial charge is 0.468 e. The number of hydrogen-bond acceptors (Lipinski definition) is 5. The standard InChI is InChI=1S/C13H18BrO5P/c1-4-18-20(16,19-5-2)12(13(15)17-3)10-6-8-11(14)9-7-10/h6-9,12H,4-5H2,1-3H3. The van der Waals surface area contributed by atoms with Gasteiger partial charge in [0.1, 0.15) is 0 Å². The van der Waals surface area contributed by atoms with E-state index in [1.54, 1.807) is 38.1 Å². The number of methoxy groups -OCH3 is 1. The van der Waals surface area contributed by atoms with Crippen molar-refractivity contribution in [2.45, 2.75) is 19.5 Å². The SMILES string of the molecule is CCOP(=O)(OCC)C(C(=O)OC)c1ccc(Br)cc1.